The number of carbonyl (C=O) groups is 2. The lowest BCUT2D eigenvalue weighted by Crippen LogP contribution is -2.49. The van der Waals surface area contributed by atoms with Crippen LogP contribution in [0.4, 0.5) is 23.7 Å². The first-order chi connectivity index (χ1) is 15.4. The highest BCUT2D eigenvalue weighted by Crippen LogP contribution is 2.32. The number of aromatic nitrogens is 1. The quantitative estimate of drug-likeness (QED) is 0.726. The molecule has 0 atom stereocenters. The van der Waals surface area contributed by atoms with E-state index in [-0.39, 0.29) is 17.8 Å². The lowest BCUT2D eigenvalue weighted by atomic mass is 10.1. The molecule has 2 amide bonds. The van der Waals surface area contributed by atoms with Crippen molar-refractivity contribution < 1.29 is 27.5 Å². The van der Waals surface area contributed by atoms with Gasteiger partial charge in [-0.1, -0.05) is 0 Å². The fourth-order valence-corrected chi connectivity index (χ4v) is 3.39. The van der Waals surface area contributed by atoms with E-state index in [1.54, 1.807) is 31.7 Å². The summed E-state index contributed by atoms with van der Waals surface area (Å²) >= 11 is 0. The van der Waals surface area contributed by atoms with Gasteiger partial charge < -0.3 is 15.0 Å². The largest absolute Gasteiger partial charge is 0.444 e. The minimum atomic E-state index is -4.56. The molecule has 1 fully saturated rings. The zero-order valence-electron chi connectivity index (χ0n) is 18.8. The summed E-state index contributed by atoms with van der Waals surface area (Å²) < 4.78 is 45.8. The number of hydrogen-bond acceptors (Lipinski definition) is 5. The highest BCUT2D eigenvalue weighted by atomic mass is 19.4. The summed E-state index contributed by atoms with van der Waals surface area (Å²) in [5, 5.41) is 2.53. The third-order valence-corrected chi connectivity index (χ3v) is 4.93. The maximum Gasteiger partial charge on any atom is 0.416 e. The lowest BCUT2D eigenvalue weighted by Gasteiger charge is -2.35. The van der Waals surface area contributed by atoms with E-state index in [2.05, 4.69) is 10.3 Å². The fraction of sp³-hybridized carbons (Fsp3) is 0.435. The Labute approximate surface area is 190 Å². The molecule has 1 aliphatic heterocycles. The summed E-state index contributed by atoms with van der Waals surface area (Å²) in [6.07, 6.45) is -2.11. The topological polar surface area (TPSA) is 74.8 Å². The molecule has 0 saturated carbocycles. The Morgan fingerprint density at radius 3 is 2.36 bits per heavy atom. The zero-order chi connectivity index (χ0) is 24.2. The van der Waals surface area contributed by atoms with Gasteiger partial charge in [-0.25, -0.2) is 4.79 Å². The maximum absolute atomic E-state index is 13.5. The first-order valence-corrected chi connectivity index (χ1v) is 10.5. The van der Waals surface area contributed by atoms with Crippen LogP contribution in [-0.4, -0.2) is 58.6 Å². The Morgan fingerprint density at radius 1 is 1.09 bits per heavy atom. The summed E-state index contributed by atoms with van der Waals surface area (Å²) in [6, 6.07) is 6.63. The Bertz CT molecular complexity index is 983. The standard InChI is InChI=1S/C23H27F3N4O3/c1-22(2,3)33-21(32)30-9-7-29(8-10-30)15-16-11-18(23(24,25)26)13-19(12-16)28-20(31)17-5-4-6-27-14-17/h4-6,11-14H,7-10,15H2,1-3H3,(H,28,31). The normalized spacial score (nSPS) is 15.3. The summed E-state index contributed by atoms with van der Waals surface area (Å²) in [7, 11) is 0. The van der Waals surface area contributed by atoms with E-state index < -0.39 is 29.3 Å². The lowest BCUT2D eigenvalue weighted by molar-refractivity contribution is -0.137. The highest BCUT2D eigenvalue weighted by Gasteiger charge is 2.32. The summed E-state index contributed by atoms with van der Waals surface area (Å²) in [5.74, 6) is -0.542. The molecule has 1 aromatic carbocycles. The molecule has 0 radical (unpaired) electrons. The predicted octanol–water partition coefficient (Wildman–Crippen LogP) is 4.41. The van der Waals surface area contributed by atoms with Crippen molar-refractivity contribution in [2.24, 2.45) is 0 Å². The number of pyridine rings is 1. The number of nitrogens with one attached hydrogen (secondary N) is 1. The molecule has 1 aromatic heterocycles. The fourth-order valence-electron chi connectivity index (χ4n) is 3.39. The molecule has 0 bridgehead atoms. The first kappa shape index (κ1) is 24.5. The molecule has 1 aliphatic rings. The van der Waals surface area contributed by atoms with Crippen molar-refractivity contribution in [3.8, 4) is 0 Å². The van der Waals surface area contributed by atoms with E-state index in [4.69, 9.17) is 4.74 Å². The third-order valence-electron chi connectivity index (χ3n) is 4.93. The van der Waals surface area contributed by atoms with Crippen LogP contribution in [0.3, 0.4) is 0 Å². The van der Waals surface area contributed by atoms with Crippen molar-refractivity contribution >= 4 is 17.7 Å². The van der Waals surface area contributed by atoms with Crippen LogP contribution >= 0.6 is 0 Å². The molecule has 178 valence electrons. The van der Waals surface area contributed by atoms with E-state index in [0.717, 1.165) is 12.1 Å². The third kappa shape index (κ3) is 7.18. The molecule has 1 saturated heterocycles. The Hall–Kier alpha value is -3.14. The molecule has 3 rings (SSSR count). The first-order valence-electron chi connectivity index (χ1n) is 10.5. The van der Waals surface area contributed by atoms with Gasteiger partial charge in [-0.2, -0.15) is 13.2 Å². The second-order valence-corrected chi connectivity index (χ2v) is 8.86. The monoisotopic (exact) mass is 464 g/mol. The summed E-state index contributed by atoms with van der Waals surface area (Å²) in [4.78, 5) is 32.0. The number of anilines is 1. The molecule has 7 nitrogen and oxygen atoms in total. The van der Waals surface area contributed by atoms with Gasteiger partial charge in [-0.3, -0.25) is 14.7 Å². The number of piperazine rings is 1. The van der Waals surface area contributed by atoms with Gasteiger partial charge >= 0.3 is 12.3 Å². The van der Waals surface area contributed by atoms with Crippen molar-refractivity contribution in [2.45, 2.75) is 39.1 Å². The second kappa shape index (κ2) is 9.78. The van der Waals surface area contributed by atoms with Crippen LogP contribution in [0.1, 0.15) is 42.3 Å². The highest BCUT2D eigenvalue weighted by molar-refractivity contribution is 6.04. The number of carbonyl (C=O) groups excluding carboxylic acids is 2. The Kier molecular flexibility index (Phi) is 7.26. The molecule has 1 N–H and O–H groups in total. The van der Waals surface area contributed by atoms with Gasteiger partial charge in [-0.15, -0.1) is 0 Å². The predicted molar refractivity (Wildman–Crippen MR) is 117 cm³/mol. The summed E-state index contributed by atoms with van der Waals surface area (Å²) in [6.45, 7) is 7.44. The van der Waals surface area contributed by atoms with Crippen LogP contribution in [0.5, 0.6) is 0 Å². The van der Waals surface area contributed by atoms with Gasteiger partial charge in [0.2, 0.25) is 0 Å². The molecule has 0 spiro atoms. The van der Waals surface area contributed by atoms with E-state index in [1.807, 2.05) is 4.90 Å². The van der Waals surface area contributed by atoms with Crippen LogP contribution in [0, 0.1) is 0 Å². The molecular weight excluding hydrogens is 437 g/mol. The van der Waals surface area contributed by atoms with Crippen molar-refractivity contribution in [2.75, 3.05) is 31.5 Å². The van der Waals surface area contributed by atoms with Gasteiger partial charge in [0, 0.05) is 50.8 Å². The minimum absolute atomic E-state index is 0.0565. The van der Waals surface area contributed by atoms with Gasteiger partial charge in [0.25, 0.3) is 5.91 Å². The van der Waals surface area contributed by atoms with Gasteiger partial charge in [0.1, 0.15) is 5.60 Å². The molecule has 2 aromatic rings. The van der Waals surface area contributed by atoms with Crippen LogP contribution in [-0.2, 0) is 17.5 Å². The number of ether oxygens (including phenoxy) is 1. The van der Waals surface area contributed by atoms with Gasteiger partial charge in [-0.05, 0) is 56.7 Å². The number of benzene rings is 1. The molecule has 0 aliphatic carbocycles. The van der Waals surface area contributed by atoms with Crippen molar-refractivity contribution in [1.29, 1.82) is 0 Å². The van der Waals surface area contributed by atoms with Crippen molar-refractivity contribution in [3.63, 3.8) is 0 Å². The zero-order valence-corrected chi connectivity index (χ0v) is 18.8. The number of alkyl halides is 3. The molecule has 33 heavy (non-hydrogen) atoms. The number of nitrogens with zero attached hydrogens (tertiary/aromatic N) is 3. The van der Waals surface area contributed by atoms with E-state index in [0.29, 0.717) is 31.7 Å². The van der Waals surface area contributed by atoms with E-state index in [1.165, 1.54) is 24.5 Å². The van der Waals surface area contributed by atoms with Crippen molar-refractivity contribution in [3.05, 3.63) is 59.4 Å². The summed E-state index contributed by atoms with van der Waals surface area (Å²) in [5.41, 5.74) is -0.718. The molecule has 0 unspecified atom stereocenters. The Balaban J connectivity index is 1.69. The number of hydrogen-bond donors (Lipinski definition) is 1. The average Bonchev–Trinajstić information content (AvgIpc) is 2.73. The van der Waals surface area contributed by atoms with Gasteiger partial charge in [0.15, 0.2) is 0 Å². The van der Waals surface area contributed by atoms with Crippen LogP contribution < -0.4 is 5.32 Å². The smallest absolute Gasteiger partial charge is 0.416 e. The maximum atomic E-state index is 13.5. The average molecular weight is 464 g/mol. The van der Waals surface area contributed by atoms with Crippen molar-refractivity contribution in [1.82, 2.24) is 14.8 Å². The SMILES string of the molecule is CC(C)(C)OC(=O)N1CCN(Cc2cc(NC(=O)c3cccnc3)cc(C(F)(F)F)c2)CC1. The van der Waals surface area contributed by atoms with Gasteiger partial charge in [0.05, 0.1) is 11.1 Å². The van der Waals surface area contributed by atoms with Crippen LogP contribution in [0.25, 0.3) is 0 Å². The molecular formula is C23H27F3N4O3. The number of rotatable bonds is 4. The number of halogens is 3. The Morgan fingerprint density at radius 2 is 1.79 bits per heavy atom. The van der Waals surface area contributed by atoms with Crippen LogP contribution in [0.2, 0.25) is 0 Å². The van der Waals surface area contributed by atoms with E-state index in [9.17, 15) is 22.8 Å². The molecule has 10 heteroatoms. The second-order valence-electron chi connectivity index (χ2n) is 8.86. The molecule has 2 heterocycles. The minimum Gasteiger partial charge on any atom is -0.444 e. The number of amides is 2. The van der Waals surface area contributed by atoms with E-state index >= 15 is 0 Å². The van der Waals surface area contributed by atoms with Crippen LogP contribution in [0.15, 0.2) is 42.7 Å².